The number of carbonyl (C=O) groups excluding carboxylic acids is 1. The lowest BCUT2D eigenvalue weighted by atomic mass is 10.1. The van der Waals surface area contributed by atoms with Gasteiger partial charge in [-0.15, -0.1) is 10.2 Å². The molecule has 2 aromatic carbocycles. The van der Waals surface area contributed by atoms with Crippen LogP contribution in [0.5, 0.6) is 5.75 Å². The summed E-state index contributed by atoms with van der Waals surface area (Å²) in [5.41, 5.74) is 5.10. The molecule has 0 unspecified atom stereocenters. The van der Waals surface area contributed by atoms with Crippen molar-refractivity contribution in [2.75, 3.05) is 17.7 Å². The molecule has 0 atom stereocenters. The Bertz CT molecular complexity index is 1050. The Kier molecular flexibility index (Phi) is 7.15. The number of anilines is 1. The zero-order valence-corrected chi connectivity index (χ0v) is 19.0. The highest BCUT2D eigenvalue weighted by atomic mass is 32.2. The zero-order chi connectivity index (χ0) is 21.7. The van der Waals surface area contributed by atoms with Crippen LogP contribution in [-0.2, 0) is 4.79 Å². The van der Waals surface area contributed by atoms with Crippen LogP contribution in [0, 0.1) is 27.7 Å². The molecule has 0 aliphatic carbocycles. The lowest BCUT2D eigenvalue weighted by molar-refractivity contribution is -0.113. The molecule has 3 rings (SSSR count). The molecule has 30 heavy (non-hydrogen) atoms. The van der Waals surface area contributed by atoms with Crippen LogP contribution in [0.15, 0.2) is 41.6 Å². The number of benzene rings is 2. The topological polar surface area (TPSA) is 69.0 Å². The fraction of sp³-hybridized carbons (Fsp3) is 0.348. The molecular weight excluding hydrogens is 396 g/mol. The summed E-state index contributed by atoms with van der Waals surface area (Å²) in [6, 6.07) is 12.0. The summed E-state index contributed by atoms with van der Waals surface area (Å²) >= 11 is 1.38. The minimum Gasteiger partial charge on any atom is -0.494 e. The van der Waals surface area contributed by atoms with Crippen molar-refractivity contribution in [3.63, 3.8) is 0 Å². The van der Waals surface area contributed by atoms with Crippen LogP contribution in [0.25, 0.3) is 5.69 Å². The van der Waals surface area contributed by atoms with Crippen molar-refractivity contribution in [3.8, 4) is 11.4 Å². The van der Waals surface area contributed by atoms with Gasteiger partial charge in [0.05, 0.1) is 18.0 Å². The molecule has 1 heterocycles. The molecule has 1 amide bonds. The van der Waals surface area contributed by atoms with Gasteiger partial charge in [0.1, 0.15) is 11.6 Å². The Morgan fingerprint density at radius 3 is 2.60 bits per heavy atom. The van der Waals surface area contributed by atoms with Crippen molar-refractivity contribution in [2.45, 2.75) is 46.2 Å². The van der Waals surface area contributed by atoms with Gasteiger partial charge in [-0.3, -0.25) is 9.36 Å². The van der Waals surface area contributed by atoms with Crippen molar-refractivity contribution in [2.24, 2.45) is 0 Å². The van der Waals surface area contributed by atoms with Gasteiger partial charge in [-0.2, -0.15) is 0 Å². The van der Waals surface area contributed by atoms with Gasteiger partial charge in [-0.25, -0.2) is 0 Å². The largest absolute Gasteiger partial charge is 0.494 e. The molecule has 0 aliphatic rings. The van der Waals surface area contributed by atoms with Crippen molar-refractivity contribution in [1.29, 1.82) is 0 Å². The Morgan fingerprint density at radius 1 is 1.07 bits per heavy atom. The van der Waals surface area contributed by atoms with E-state index in [0.717, 1.165) is 40.5 Å². The molecule has 1 N–H and O–H groups in total. The normalized spacial score (nSPS) is 10.8. The van der Waals surface area contributed by atoms with Crippen LogP contribution in [0.3, 0.4) is 0 Å². The van der Waals surface area contributed by atoms with Crippen molar-refractivity contribution < 1.29 is 9.53 Å². The molecule has 6 nitrogen and oxygen atoms in total. The molecule has 158 valence electrons. The van der Waals surface area contributed by atoms with Crippen LogP contribution < -0.4 is 10.1 Å². The van der Waals surface area contributed by atoms with Gasteiger partial charge in [0, 0.05) is 5.69 Å². The fourth-order valence-electron chi connectivity index (χ4n) is 3.08. The first-order valence-electron chi connectivity index (χ1n) is 10.0. The molecule has 0 saturated carbocycles. The van der Waals surface area contributed by atoms with Crippen LogP contribution in [-0.4, -0.2) is 33.0 Å². The second kappa shape index (κ2) is 9.80. The van der Waals surface area contributed by atoms with Crippen LogP contribution in [0.4, 0.5) is 5.69 Å². The number of aryl methyl sites for hydroxylation is 4. The van der Waals surface area contributed by atoms with E-state index in [1.54, 1.807) is 0 Å². The fourth-order valence-corrected chi connectivity index (χ4v) is 3.87. The number of ether oxygens (including phenoxy) is 1. The Labute approximate surface area is 182 Å². The van der Waals surface area contributed by atoms with E-state index < -0.39 is 0 Å². The third kappa shape index (κ3) is 5.21. The van der Waals surface area contributed by atoms with E-state index in [1.807, 2.05) is 36.6 Å². The summed E-state index contributed by atoms with van der Waals surface area (Å²) in [5.74, 6) is 1.78. The lowest BCUT2D eigenvalue weighted by Crippen LogP contribution is -2.15. The maximum Gasteiger partial charge on any atom is 0.234 e. The van der Waals surface area contributed by atoms with Gasteiger partial charge in [0.15, 0.2) is 5.16 Å². The first-order valence-corrected chi connectivity index (χ1v) is 11.0. The summed E-state index contributed by atoms with van der Waals surface area (Å²) in [6.07, 6.45) is 0.959. The number of hydrogen-bond acceptors (Lipinski definition) is 5. The number of thioether (sulfide) groups is 1. The molecule has 0 bridgehead atoms. The highest BCUT2D eigenvalue weighted by Crippen LogP contribution is 2.26. The third-order valence-electron chi connectivity index (χ3n) is 4.68. The second-order valence-corrected chi connectivity index (χ2v) is 8.26. The van der Waals surface area contributed by atoms with Gasteiger partial charge in [0.25, 0.3) is 0 Å². The monoisotopic (exact) mass is 424 g/mol. The number of hydrogen-bond donors (Lipinski definition) is 1. The highest BCUT2D eigenvalue weighted by molar-refractivity contribution is 7.99. The number of carbonyl (C=O) groups is 1. The predicted octanol–water partition coefficient (Wildman–Crippen LogP) is 5.02. The van der Waals surface area contributed by atoms with Crippen LogP contribution >= 0.6 is 11.8 Å². The van der Waals surface area contributed by atoms with E-state index in [2.05, 4.69) is 54.5 Å². The van der Waals surface area contributed by atoms with Crippen molar-refractivity contribution in [3.05, 3.63) is 58.9 Å². The predicted molar refractivity (Wildman–Crippen MR) is 122 cm³/mol. The van der Waals surface area contributed by atoms with E-state index in [4.69, 9.17) is 4.74 Å². The Morgan fingerprint density at radius 2 is 1.87 bits per heavy atom. The van der Waals surface area contributed by atoms with Crippen LogP contribution in [0.2, 0.25) is 0 Å². The van der Waals surface area contributed by atoms with Gasteiger partial charge in [-0.1, -0.05) is 30.8 Å². The molecule has 1 aromatic heterocycles. The molecule has 0 aliphatic heterocycles. The number of nitrogens with zero attached hydrogens (tertiary/aromatic N) is 3. The third-order valence-corrected chi connectivity index (χ3v) is 5.61. The average molecular weight is 425 g/mol. The van der Waals surface area contributed by atoms with Gasteiger partial charge in [-0.05, 0) is 75.1 Å². The molecule has 0 saturated heterocycles. The molecule has 0 radical (unpaired) electrons. The summed E-state index contributed by atoms with van der Waals surface area (Å²) < 4.78 is 7.65. The van der Waals surface area contributed by atoms with Crippen molar-refractivity contribution >= 4 is 23.4 Å². The summed E-state index contributed by atoms with van der Waals surface area (Å²) in [6.45, 7) is 10.8. The molecule has 0 spiro atoms. The second-order valence-electron chi connectivity index (χ2n) is 7.32. The smallest absolute Gasteiger partial charge is 0.234 e. The maximum atomic E-state index is 12.5. The van der Waals surface area contributed by atoms with Crippen LogP contribution in [0.1, 0.15) is 35.9 Å². The van der Waals surface area contributed by atoms with E-state index in [0.29, 0.717) is 11.8 Å². The molecule has 7 heteroatoms. The number of nitrogens with one attached hydrogen (secondary N) is 1. The summed E-state index contributed by atoms with van der Waals surface area (Å²) in [5, 5.41) is 12.2. The van der Waals surface area contributed by atoms with Gasteiger partial charge in [0.2, 0.25) is 5.91 Å². The van der Waals surface area contributed by atoms with Crippen molar-refractivity contribution in [1.82, 2.24) is 14.8 Å². The lowest BCUT2D eigenvalue weighted by Gasteiger charge is -2.13. The van der Waals surface area contributed by atoms with E-state index >= 15 is 0 Å². The van der Waals surface area contributed by atoms with Gasteiger partial charge < -0.3 is 10.1 Å². The quantitative estimate of drug-likeness (QED) is 0.514. The number of amides is 1. The summed E-state index contributed by atoms with van der Waals surface area (Å²) in [4.78, 5) is 12.5. The van der Waals surface area contributed by atoms with E-state index in [-0.39, 0.29) is 11.7 Å². The molecule has 0 fully saturated rings. The van der Waals surface area contributed by atoms with E-state index in [9.17, 15) is 4.79 Å². The maximum absolute atomic E-state index is 12.5. The first kappa shape index (κ1) is 21.9. The first-order chi connectivity index (χ1) is 14.4. The Balaban J connectivity index is 1.68. The number of rotatable bonds is 8. The van der Waals surface area contributed by atoms with Gasteiger partial charge >= 0.3 is 0 Å². The Hall–Kier alpha value is -2.80. The SMILES string of the molecule is CCCOc1ccc(NC(=O)CSc2nnc(C)n2-c2cc(C)ccc2C)c(C)c1. The molecular formula is C23H28N4O2S. The average Bonchev–Trinajstić information content (AvgIpc) is 3.08. The number of aromatic nitrogens is 3. The zero-order valence-electron chi connectivity index (χ0n) is 18.2. The molecule has 3 aromatic rings. The highest BCUT2D eigenvalue weighted by Gasteiger charge is 2.15. The summed E-state index contributed by atoms with van der Waals surface area (Å²) in [7, 11) is 0. The minimum absolute atomic E-state index is 0.0847. The standard InChI is InChI=1S/C23H28N4O2S/c1-6-11-29-19-9-10-20(17(4)13-19)24-22(28)14-30-23-26-25-18(5)27(23)21-12-15(2)7-8-16(21)3/h7-10,12-13H,6,11,14H2,1-5H3,(H,24,28). The minimum atomic E-state index is -0.0847. The van der Waals surface area contributed by atoms with E-state index in [1.165, 1.54) is 17.3 Å².